The Kier molecular flexibility index (Phi) is 9.56. The molecule has 0 radical (unpaired) electrons. The molecule has 0 saturated carbocycles. The smallest absolute Gasteiger partial charge is 0.357 e. The zero-order valence-electron chi connectivity index (χ0n) is 43.0. The Bertz CT molecular complexity index is 4830. The summed E-state index contributed by atoms with van der Waals surface area (Å²) < 4.78 is 18.1. The van der Waals surface area contributed by atoms with Crippen LogP contribution in [-0.2, 0) is 0 Å². The van der Waals surface area contributed by atoms with Gasteiger partial charge in [0, 0.05) is 21.9 Å². The van der Waals surface area contributed by atoms with Crippen LogP contribution in [0.25, 0.3) is 116 Å². The number of furan rings is 1. The molecule has 80 heavy (non-hydrogen) atoms. The van der Waals surface area contributed by atoms with Crippen molar-refractivity contribution in [3.8, 4) is 95.1 Å². The van der Waals surface area contributed by atoms with Crippen LogP contribution < -0.4 is 26.1 Å². The number of hydrogen-bond acceptors (Lipinski definition) is 4. The van der Waals surface area contributed by atoms with E-state index >= 15 is 4.79 Å². The summed E-state index contributed by atoms with van der Waals surface area (Å²) in [6.45, 7) is -0.510. The average molecular weight is 1020 g/mol. The van der Waals surface area contributed by atoms with Crippen LogP contribution in [0.5, 0.6) is 11.5 Å². The van der Waals surface area contributed by atoms with E-state index in [0.29, 0.717) is 11.1 Å². The molecule has 17 rings (SSSR count). The molecule has 0 bridgehead atoms. The molecule has 0 aliphatic carbocycles. The Hall–Kier alpha value is -10.6. The standard InChI is InChI=1S/C73H44BN3O3/c78-73-70-56(55-34-18-39-64-69(55)57-28-13-14-38-63(57)79-64)33-17-35-60(70)76-62-37-19-36-61-71(62)74(77(73)76)58-42-50(68-53(47-24-9-3-10-25-47)31-16-32-54(68)48-26-11-4-12-27-48)44-66-72(58)75(61)59-41-40-49(43-65(59)80-66)67-51(45-20-5-1-6-21-45)29-15-30-52(67)46-22-7-2-8-23-46/h1-44H. The molecule has 372 valence electrons. The highest BCUT2D eigenvalue weighted by Gasteiger charge is 2.48. The van der Waals surface area contributed by atoms with E-state index in [0.717, 1.165) is 145 Å². The van der Waals surface area contributed by atoms with Crippen LogP contribution in [-0.4, -0.2) is 16.1 Å². The van der Waals surface area contributed by atoms with Gasteiger partial charge in [-0.15, -0.1) is 0 Å². The van der Waals surface area contributed by atoms with Crippen molar-refractivity contribution >= 4 is 67.7 Å². The first-order valence-electron chi connectivity index (χ1n) is 27.2. The van der Waals surface area contributed by atoms with E-state index in [1.807, 2.05) is 34.9 Å². The van der Waals surface area contributed by atoms with E-state index in [4.69, 9.17) is 9.15 Å². The van der Waals surface area contributed by atoms with Gasteiger partial charge in [-0.05, 0) is 132 Å². The molecule has 12 aromatic carbocycles. The van der Waals surface area contributed by atoms with Gasteiger partial charge in [-0.1, -0.05) is 218 Å². The quantitative estimate of drug-likeness (QED) is 0.149. The molecule has 6 nitrogen and oxygen atoms in total. The number of hydrogen-bond donors (Lipinski definition) is 0. The number of benzene rings is 12. The van der Waals surface area contributed by atoms with Crippen LogP contribution in [0.4, 0.5) is 17.1 Å². The van der Waals surface area contributed by atoms with Crippen molar-refractivity contribution < 1.29 is 9.15 Å². The molecule has 14 aromatic rings. The zero-order chi connectivity index (χ0) is 52.6. The van der Waals surface area contributed by atoms with Gasteiger partial charge in [0.05, 0.1) is 28.0 Å². The number of aromatic nitrogens is 2. The summed E-state index contributed by atoms with van der Waals surface area (Å²) in [7, 11) is 0. The summed E-state index contributed by atoms with van der Waals surface area (Å²) in [6.07, 6.45) is 0. The van der Waals surface area contributed by atoms with Gasteiger partial charge in [0.25, 0.3) is 5.56 Å². The molecule has 0 N–H and O–H groups in total. The van der Waals surface area contributed by atoms with Crippen molar-refractivity contribution in [1.82, 2.24) is 9.27 Å². The minimum atomic E-state index is -0.510. The Morgan fingerprint density at radius 2 is 0.863 bits per heavy atom. The summed E-state index contributed by atoms with van der Waals surface area (Å²) >= 11 is 0. The van der Waals surface area contributed by atoms with Gasteiger partial charge >= 0.3 is 6.85 Å². The third-order valence-corrected chi connectivity index (χ3v) is 16.7. The molecule has 0 amide bonds. The predicted molar refractivity (Wildman–Crippen MR) is 328 cm³/mol. The number of para-hydroxylation sites is 1. The third-order valence-electron chi connectivity index (χ3n) is 16.7. The lowest BCUT2D eigenvalue weighted by molar-refractivity contribution is 0.478. The van der Waals surface area contributed by atoms with Gasteiger partial charge in [0.1, 0.15) is 11.2 Å². The topological polar surface area (TPSA) is 52.5 Å². The molecular weight excluding hydrogens is 978 g/mol. The van der Waals surface area contributed by atoms with Gasteiger partial charge < -0.3 is 14.1 Å². The molecule has 0 fully saturated rings. The largest absolute Gasteiger partial charge is 0.456 e. The molecule has 7 heteroatoms. The minimum Gasteiger partial charge on any atom is -0.456 e. The predicted octanol–water partition coefficient (Wildman–Crippen LogP) is 17.2. The molecule has 0 atom stereocenters. The van der Waals surface area contributed by atoms with Crippen LogP contribution in [0, 0.1) is 0 Å². The molecular formula is C73H44BN3O3. The van der Waals surface area contributed by atoms with Gasteiger partial charge in [-0.25, -0.2) is 0 Å². The van der Waals surface area contributed by atoms with E-state index in [2.05, 4.69) is 246 Å². The fourth-order valence-electron chi connectivity index (χ4n) is 13.5. The van der Waals surface area contributed by atoms with Gasteiger partial charge in [0.15, 0.2) is 11.5 Å². The summed E-state index contributed by atoms with van der Waals surface area (Å²) in [5, 5.41) is 2.67. The van der Waals surface area contributed by atoms with Crippen molar-refractivity contribution in [2.45, 2.75) is 0 Å². The van der Waals surface area contributed by atoms with Gasteiger partial charge in [0.2, 0.25) is 0 Å². The fourth-order valence-corrected chi connectivity index (χ4v) is 13.5. The van der Waals surface area contributed by atoms with E-state index in [1.165, 1.54) is 0 Å². The van der Waals surface area contributed by atoms with Crippen molar-refractivity contribution in [3.05, 3.63) is 277 Å². The first kappa shape index (κ1) is 44.5. The number of rotatable bonds is 7. The van der Waals surface area contributed by atoms with Crippen molar-refractivity contribution in [2.24, 2.45) is 0 Å². The minimum absolute atomic E-state index is 0.0668. The number of fused-ring (bicyclic) bond motifs is 12. The number of anilines is 3. The second-order valence-electron chi connectivity index (χ2n) is 21.0. The third kappa shape index (κ3) is 6.40. The molecule has 0 spiro atoms. The molecule has 0 saturated heterocycles. The van der Waals surface area contributed by atoms with Crippen LogP contribution in [0.15, 0.2) is 276 Å². The Morgan fingerprint density at radius 3 is 1.50 bits per heavy atom. The van der Waals surface area contributed by atoms with Crippen LogP contribution in [0.3, 0.4) is 0 Å². The Labute approximate surface area is 461 Å². The van der Waals surface area contributed by atoms with Gasteiger partial charge in [-0.3, -0.25) is 14.1 Å². The normalized spacial score (nSPS) is 12.6. The van der Waals surface area contributed by atoms with Crippen molar-refractivity contribution in [1.29, 1.82) is 0 Å². The summed E-state index contributed by atoms with van der Waals surface area (Å²) in [4.78, 5) is 18.5. The number of ether oxygens (including phenoxy) is 1. The Balaban J connectivity index is 0.943. The Morgan fingerprint density at radius 1 is 0.362 bits per heavy atom. The van der Waals surface area contributed by atoms with Crippen LogP contribution in [0.2, 0.25) is 0 Å². The highest BCUT2D eigenvalue weighted by atomic mass is 16.5. The lowest BCUT2D eigenvalue weighted by atomic mass is 9.48. The molecule has 0 unspecified atom stereocenters. The maximum absolute atomic E-state index is 16.1. The second-order valence-corrected chi connectivity index (χ2v) is 21.0. The summed E-state index contributed by atoms with van der Waals surface area (Å²) in [5.41, 5.74) is 23.2. The maximum atomic E-state index is 16.1. The molecule has 3 aliphatic rings. The van der Waals surface area contributed by atoms with E-state index in [-0.39, 0.29) is 5.56 Å². The lowest BCUT2D eigenvalue weighted by Crippen LogP contribution is -2.55. The summed E-state index contributed by atoms with van der Waals surface area (Å²) in [5.74, 6) is 1.45. The fraction of sp³-hybridized carbons (Fsp3) is 0. The van der Waals surface area contributed by atoms with Crippen LogP contribution >= 0.6 is 0 Å². The first-order valence-corrected chi connectivity index (χ1v) is 27.2. The zero-order valence-corrected chi connectivity index (χ0v) is 43.0. The van der Waals surface area contributed by atoms with Gasteiger partial charge in [-0.2, -0.15) is 0 Å². The second kappa shape index (κ2) is 17.2. The molecule has 2 aromatic heterocycles. The van der Waals surface area contributed by atoms with Crippen molar-refractivity contribution in [2.75, 3.05) is 4.90 Å². The van der Waals surface area contributed by atoms with Crippen LogP contribution in [0.1, 0.15) is 0 Å². The highest BCUT2D eigenvalue weighted by Crippen LogP contribution is 2.56. The average Bonchev–Trinajstić information content (AvgIpc) is 4.31. The summed E-state index contributed by atoms with van der Waals surface area (Å²) in [6, 6.07) is 94.2. The monoisotopic (exact) mass is 1020 g/mol. The highest BCUT2D eigenvalue weighted by molar-refractivity contribution is 6.89. The van der Waals surface area contributed by atoms with E-state index in [9.17, 15) is 0 Å². The lowest BCUT2D eigenvalue weighted by Gasteiger charge is -2.40. The first-order chi connectivity index (χ1) is 39.6. The maximum Gasteiger partial charge on any atom is 0.357 e. The molecule has 5 heterocycles. The van der Waals surface area contributed by atoms with Crippen molar-refractivity contribution in [3.63, 3.8) is 0 Å². The molecule has 3 aliphatic heterocycles. The number of nitrogens with zero attached hydrogens (tertiary/aromatic N) is 3. The van der Waals surface area contributed by atoms with E-state index in [1.54, 1.807) is 0 Å². The van der Waals surface area contributed by atoms with E-state index < -0.39 is 6.85 Å². The SMILES string of the molecule is O=c1c2c(-c3cccc4oc5ccccc5c34)cccc2n2n1B1c3cc(-c4c(-c5ccccc5)cccc4-c4ccccc4)cc4c3N(c3ccc(-c5c(-c6ccccc6)cccc5-c5ccccc5)cc3O4)c3cccc-2c31.